The molecule has 90 valence electrons. The summed E-state index contributed by atoms with van der Waals surface area (Å²) >= 11 is 0. The smallest absolute Gasteiger partial charge is 0.337 e. The Kier molecular flexibility index (Phi) is 6.37. The fourth-order valence-electron chi connectivity index (χ4n) is 0.632. The van der Waals surface area contributed by atoms with Crippen molar-refractivity contribution in [3.05, 3.63) is 42.2 Å². The molecule has 0 saturated carbocycles. The Labute approximate surface area is 95.7 Å². The molecule has 0 atom stereocenters. The lowest BCUT2D eigenvalue weighted by atomic mass is 10.3. The Morgan fingerprint density at radius 2 is 1.59 bits per heavy atom. The second-order valence-electron chi connectivity index (χ2n) is 2.56. The van der Waals surface area contributed by atoms with Gasteiger partial charge in [0.1, 0.15) is 0 Å². The van der Waals surface area contributed by atoms with Crippen molar-refractivity contribution in [1.82, 2.24) is 4.98 Å². The molecule has 0 spiro atoms. The van der Waals surface area contributed by atoms with Crippen LogP contribution in [0.15, 0.2) is 36.7 Å². The molecule has 0 aliphatic carbocycles. The molecular formula is C10H9NO6. The van der Waals surface area contributed by atoms with E-state index < -0.39 is 17.9 Å². The average molecular weight is 239 g/mol. The van der Waals surface area contributed by atoms with Gasteiger partial charge in [-0.1, -0.05) is 0 Å². The number of aromatic carboxylic acids is 1. The highest BCUT2D eigenvalue weighted by atomic mass is 16.4. The normalized spacial score (nSPS) is 9.18. The summed E-state index contributed by atoms with van der Waals surface area (Å²) in [5.74, 6) is -3.46. The molecule has 1 rings (SSSR count). The number of carbonyl (C=O) groups is 3. The van der Waals surface area contributed by atoms with Crippen LogP contribution in [0.5, 0.6) is 0 Å². The number of aliphatic carboxylic acids is 2. The highest BCUT2D eigenvalue weighted by molar-refractivity contribution is 5.89. The third-order valence-electron chi connectivity index (χ3n) is 1.28. The predicted molar refractivity (Wildman–Crippen MR) is 55.6 cm³/mol. The number of nitrogens with zero attached hydrogens (tertiary/aromatic N) is 1. The van der Waals surface area contributed by atoms with Gasteiger partial charge < -0.3 is 15.3 Å². The molecule has 1 aromatic heterocycles. The number of carboxylic acid groups (broad SMARTS) is 3. The van der Waals surface area contributed by atoms with E-state index in [0.29, 0.717) is 12.2 Å². The third kappa shape index (κ3) is 8.30. The van der Waals surface area contributed by atoms with Crippen LogP contribution in [0.2, 0.25) is 0 Å². The van der Waals surface area contributed by atoms with E-state index in [4.69, 9.17) is 15.3 Å². The molecule has 7 heteroatoms. The molecule has 0 fully saturated rings. The fraction of sp³-hybridized carbons (Fsp3) is 0. The van der Waals surface area contributed by atoms with Crippen LogP contribution in [0, 0.1) is 0 Å². The quantitative estimate of drug-likeness (QED) is 0.655. The van der Waals surface area contributed by atoms with E-state index in [1.165, 1.54) is 18.5 Å². The topological polar surface area (TPSA) is 125 Å². The SMILES string of the molecule is O=C(O)C=CC(=O)O.O=C(O)c1cccnc1. The van der Waals surface area contributed by atoms with Crippen molar-refractivity contribution in [2.45, 2.75) is 0 Å². The summed E-state index contributed by atoms with van der Waals surface area (Å²) in [4.78, 5) is 32.9. The van der Waals surface area contributed by atoms with E-state index in [2.05, 4.69) is 4.98 Å². The standard InChI is InChI=1S/C6H5NO2.C4H4O4/c8-6(9)5-2-1-3-7-4-5;5-3(6)1-2-4(7)8/h1-4H,(H,8,9);1-2H,(H,5,6)(H,7,8). The lowest BCUT2D eigenvalue weighted by Crippen LogP contribution is -1.94. The van der Waals surface area contributed by atoms with Gasteiger partial charge in [-0.2, -0.15) is 0 Å². The maximum atomic E-state index is 10.2. The molecule has 7 nitrogen and oxygen atoms in total. The molecule has 1 heterocycles. The highest BCUT2D eigenvalue weighted by Crippen LogP contribution is 1.92. The second kappa shape index (κ2) is 7.57. The van der Waals surface area contributed by atoms with E-state index in [1.54, 1.807) is 6.07 Å². The summed E-state index contributed by atoms with van der Waals surface area (Å²) < 4.78 is 0. The first-order chi connectivity index (χ1) is 7.93. The van der Waals surface area contributed by atoms with Gasteiger partial charge in [0.15, 0.2) is 0 Å². The van der Waals surface area contributed by atoms with Crippen molar-refractivity contribution in [3.63, 3.8) is 0 Å². The van der Waals surface area contributed by atoms with Gasteiger partial charge in [0.05, 0.1) is 5.56 Å². The van der Waals surface area contributed by atoms with E-state index >= 15 is 0 Å². The van der Waals surface area contributed by atoms with E-state index in [0.717, 1.165) is 0 Å². The first-order valence-electron chi connectivity index (χ1n) is 4.20. The van der Waals surface area contributed by atoms with Crippen LogP contribution in [0.3, 0.4) is 0 Å². The number of carboxylic acids is 3. The van der Waals surface area contributed by atoms with Gasteiger partial charge >= 0.3 is 17.9 Å². The van der Waals surface area contributed by atoms with Crippen molar-refractivity contribution in [1.29, 1.82) is 0 Å². The number of hydrogen-bond donors (Lipinski definition) is 3. The molecule has 0 aliphatic rings. The fourth-order valence-corrected chi connectivity index (χ4v) is 0.632. The minimum absolute atomic E-state index is 0.220. The van der Waals surface area contributed by atoms with Gasteiger partial charge in [0.25, 0.3) is 0 Å². The molecule has 0 aromatic carbocycles. The largest absolute Gasteiger partial charge is 0.478 e. The van der Waals surface area contributed by atoms with Crippen LogP contribution in [-0.4, -0.2) is 38.2 Å². The van der Waals surface area contributed by atoms with Crippen molar-refractivity contribution >= 4 is 17.9 Å². The number of pyridine rings is 1. The summed E-state index contributed by atoms with van der Waals surface area (Å²) in [5, 5.41) is 24.0. The Morgan fingerprint density at radius 3 is 1.82 bits per heavy atom. The average Bonchev–Trinajstić information content (AvgIpc) is 2.28. The van der Waals surface area contributed by atoms with Crippen molar-refractivity contribution in [2.75, 3.05) is 0 Å². The summed E-state index contributed by atoms with van der Waals surface area (Å²) in [6.07, 6.45) is 3.96. The zero-order chi connectivity index (χ0) is 13.3. The third-order valence-corrected chi connectivity index (χ3v) is 1.28. The molecule has 0 amide bonds. The van der Waals surface area contributed by atoms with E-state index in [-0.39, 0.29) is 5.56 Å². The van der Waals surface area contributed by atoms with Crippen molar-refractivity contribution in [2.24, 2.45) is 0 Å². The van der Waals surface area contributed by atoms with Gasteiger partial charge in [0.2, 0.25) is 0 Å². The second-order valence-corrected chi connectivity index (χ2v) is 2.56. The molecule has 0 saturated heterocycles. The summed E-state index contributed by atoms with van der Waals surface area (Å²) in [5.41, 5.74) is 0.220. The van der Waals surface area contributed by atoms with Crippen LogP contribution in [-0.2, 0) is 9.59 Å². The van der Waals surface area contributed by atoms with Crippen LogP contribution in [0.4, 0.5) is 0 Å². The molecule has 17 heavy (non-hydrogen) atoms. The van der Waals surface area contributed by atoms with Crippen LogP contribution in [0.25, 0.3) is 0 Å². The van der Waals surface area contributed by atoms with Gasteiger partial charge in [-0.05, 0) is 12.1 Å². The predicted octanol–water partition coefficient (Wildman–Crippen LogP) is 0.492. The number of rotatable bonds is 3. The lowest BCUT2D eigenvalue weighted by molar-refractivity contribution is -0.134. The number of hydrogen-bond acceptors (Lipinski definition) is 4. The van der Waals surface area contributed by atoms with Gasteiger partial charge in [-0.25, -0.2) is 14.4 Å². The molecule has 0 radical (unpaired) electrons. The lowest BCUT2D eigenvalue weighted by Gasteiger charge is -1.87. The van der Waals surface area contributed by atoms with Crippen LogP contribution < -0.4 is 0 Å². The minimum atomic E-state index is -1.26. The zero-order valence-corrected chi connectivity index (χ0v) is 8.48. The van der Waals surface area contributed by atoms with Crippen LogP contribution in [0.1, 0.15) is 10.4 Å². The molecule has 0 bridgehead atoms. The van der Waals surface area contributed by atoms with Crippen molar-refractivity contribution in [3.8, 4) is 0 Å². The highest BCUT2D eigenvalue weighted by Gasteiger charge is 1.97. The van der Waals surface area contributed by atoms with Gasteiger partial charge in [-0.15, -0.1) is 0 Å². The minimum Gasteiger partial charge on any atom is -0.478 e. The van der Waals surface area contributed by atoms with Crippen molar-refractivity contribution < 1.29 is 29.7 Å². The van der Waals surface area contributed by atoms with Gasteiger partial charge in [0, 0.05) is 24.5 Å². The Balaban J connectivity index is 0.000000304. The Bertz CT molecular complexity index is 410. The molecular weight excluding hydrogens is 230 g/mol. The zero-order valence-electron chi connectivity index (χ0n) is 8.48. The van der Waals surface area contributed by atoms with E-state index in [9.17, 15) is 14.4 Å². The summed E-state index contributed by atoms with van der Waals surface area (Å²) in [6.45, 7) is 0. The van der Waals surface area contributed by atoms with Crippen LogP contribution >= 0.6 is 0 Å². The first-order valence-corrected chi connectivity index (χ1v) is 4.20. The maximum Gasteiger partial charge on any atom is 0.337 e. The maximum absolute atomic E-state index is 10.2. The molecule has 1 aromatic rings. The molecule has 0 unspecified atom stereocenters. The molecule has 0 aliphatic heterocycles. The summed E-state index contributed by atoms with van der Waals surface area (Å²) in [6, 6.07) is 3.08. The van der Waals surface area contributed by atoms with Gasteiger partial charge in [-0.3, -0.25) is 4.98 Å². The molecule has 3 N–H and O–H groups in total. The number of aromatic nitrogens is 1. The monoisotopic (exact) mass is 239 g/mol. The summed E-state index contributed by atoms with van der Waals surface area (Å²) in [7, 11) is 0. The Hall–Kier alpha value is -2.70. The van der Waals surface area contributed by atoms with E-state index in [1.807, 2.05) is 0 Å². The first kappa shape index (κ1) is 14.3. The Morgan fingerprint density at radius 1 is 1.06 bits per heavy atom.